The van der Waals surface area contributed by atoms with Crippen molar-refractivity contribution in [3.63, 3.8) is 0 Å². The highest BCUT2D eigenvalue weighted by Gasteiger charge is 2.46. The molecule has 0 spiro atoms. The Hall–Kier alpha value is -0.413. The first-order chi connectivity index (χ1) is 5.70. The largest absolute Gasteiger partial charge is 0.518 e. The molecule has 0 aromatic heterocycles. The Morgan fingerprint density at radius 1 is 1.25 bits per heavy atom. The molecule has 0 saturated carbocycles. The summed E-state index contributed by atoms with van der Waals surface area (Å²) >= 11 is 0. The first kappa shape index (κ1) is 11.6. The zero-order valence-corrected chi connectivity index (χ0v) is 8.96. The molecule has 0 aromatic carbocycles. The van der Waals surface area contributed by atoms with Crippen LogP contribution < -0.4 is 0 Å². The van der Waals surface area contributed by atoms with E-state index in [0.29, 0.717) is 6.42 Å². The van der Waals surface area contributed by atoms with Gasteiger partial charge in [0.15, 0.2) is 0 Å². The van der Waals surface area contributed by atoms with Gasteiger partial charge in [0, 0.05) is 21.3 Å². The van der Waals surface area contributed by atoms with Crippen molar-refractivity contribution in [2.24, 2.45) is 0 Å². The van der Waals surface area contributed by atoms with Gasteiger partial charge in [-0.25, -0.2) is 0 Å². The summed E-state index contributed by atoms with van der Waals surface area (Å²) in [6.45, 7) is 1.91. The zero-order valence-electron chi connectivity index (χ0n) is 7.96. The van der Waals surface area contributed by atoms with Gasteiger partial charge in [0.1, 0.15) is 5.54 Å². The Bertz CT molecular complexity index is 156. The average Bonchev–Trinajstić information content (AvgIpc) is 2.14. The van der Waals surface area contributed by atoms with E-state index in [0.717, 1.165) is 0 Å². The van der Waals surface area contributed by atoms with Crippen LogP contribution >= 0.6 is 0 Å². The van der Waals surface area contributed by atoms with Gasteiger partial charge >= 0.3 is 8.80 Å². The molecule has 0 saturated heterocycles. The van der Waals surface area contributed by atoms with Crippen LogP contribution in [0.3, 0.4) is 0 Å². The van der Waals surface area contributed by atoms with Crippen LogP contribution in [0.25, 0.3) is 0 Å². The normalized spacial score (nSPS) is 13.9. The second kappa shape index (κ2) is 5.27. The quantitative estimate of drug-likeness (QED) is 0.609. The molecule has 0 bridgehead atoms. The molecule has 0 aliphatic carbocycles. The van der Waals surface area contributed by atoms with Crippen LogP contribution in [0, 0.1) is 11.3 Å². The first-order valence-electron chi connectivity index (χ1n) is 3.75. The molecule has 1 unspecified atom stereocenters. The molecule has 0 amide bonds. The van der Waals surface area contributed by atoms with E-state index in [-0.39, 0.29) is 5.54 Å². The lowest BCUT2D eigenvalue weighted by Crippen LogP contribution is -2.47. The molecule has 0 fully saturated rings. The highest BCUT2D eigenvalue weighted by Crippen LogP contribution is 2.25. The van der Waals surface area contributed by atoms with Crippen LogP contribution in [-0.2, 0) is 13.3 Å². The maximum absolute atomic E-state index is 8.80. The van der Waals surface area contributed by atoms with E-state index in [4.69, 9.17) is 18.5 Å². The lowest BCUT2D eigenvalue weighted by Gasteiger charge is -2.27. The molecule has 0 radical (unpaired) electrons. The van der Waals surface area contributed by atoms with Crippen molar-refractivity contribution in [2.75, 3.05) is 21.3 Å². The SMILES string of the molecule is CCC(C#N)[Si](OC)(OC)OC. The summed E-state index contributed by atoms with van der Waals surface area (Å²) in [5.74, 6) is 0. The minimum atomic E-state index is -2.71. The maximum Gasteiger partial charge on any atom is 0.518 e. The molecule has 0 heterocycles. The van der Waals surface area contributed by atoms with Crippen molar-refractivity contribution in [1.82, 2.24) is 0 Å². The van der Waals surface area contributed by atoms with Gasteiger partial charge in [-0.15, -0.1) is 0 Å². The molecule has 0 rings (SSSR count). The molecule has 70 valence electrons. The Balaban J connectivity index is 4.57. The van der Waals surface area contributed by atoms with E-state index in [2.05, 4.69) is 6.07 Å². The Morgan fingerprint density at radius 3 is 1.75 bits per heavy atom. The molecular weight excluding hydrogens is 174 g/mol. The lowest BCUT2D eigenvalue weighted by molar-refractivity contribution is 0.116. The summed E-state index contributed by atoms with van der Waals surface area (Å²) in [6.07, 6.45) is 0.679. The summed E-state index contributed by atoms with van der Waals surface area (Å²) in [5.41, 5.74) is -0.280. The summed E-state index contributed by atoms with van der Waals surface area (Å²) in [5, 5.41) is 8.80. The lowest BCUT2D eigenvalue weighted by atomic mass is 10.4. The maximum atomic E-state index is 8.80. The van der Waals surface area contributed by atoms with Crippen molar-refractivity contribution >= 4 is 8.80 Å². The van der Waals surface area contributed by atoms with E-state index >= 15 is 0 Å². The third-order valence-electron chi connectivity index (χ3n) is 1.84. The Morgan fingerprint density at radius 2 is 1.67 bits per heavy atom. The van der Waals surface area contributed by atoms with Gasteiger partial charge in [0.25, 0.3) is 0 Å². The molecule has 0 aliphatic heterocycles. The summed E-state index contributed by atoms with van der Waals surface area (Å²) in [7, 11) is 1.83. The van der Waals surface area contributed by atoms with Gasteiger partial charge in [-0.05, 0) is 6.42 Å². The van der Waals surface area contributed by atoms with Gasteiger partial charge in [-0.2, -0.15) is 5.26 Å². The van der Waals surface area contributed by atoms with Crippen LogP contribution in [-0.4, -0.2) is 30.1 Å². The molecule has 4 nitrogen and oxygen atoms in total. The fourth-order valence-corrected chi connectivity index (χ4v) is 3.11. The second-order valence-electron chi connectivity index (χ2n) is 2.31. The Labute approximate surface area is 74.4 Å². The monoisotopic (exact) mass is 189 g/mol. The number of hydrogen-bond acceptors (Lipinski definition) is 4. The molecule has 0 aromatic rings. The van der Waals surface area contributed by atoms with Crippen molar-refractivity contribution in [3.05, 3.63) is 0 Å². The molecule has 1 atom stereocenters. The predicted molar refractivity (Wildman–Crippen MR) is 46.4 cm³/mol. The van der Waals surface area contributed by atoms with Crippen LogP contribution in [0.15, 0.2) is 0 Å². The van der Waals surface area contributed by atoms with Gasteiger partial charge in [0.05, 0.1) is 6.07 Å². The number of rotatable bonds is 5. The standard InChI is InChI=1S/C7H15NO3Si/c1-5-7(6-8)12(9-2,10-3)11-4/h7H,5H2,1-4H3. The smallest absolute Gasteiger partial charge is 0.376 e. The number of nitrogens with zero attached hydrogens (tertiary/aromatic N) is 1. The minimum absolute atomic E-state index is 0.280. The van der Waals surface area contributed by atoms with Crippen LogP contribution in [0.5, 0.6) is 0 Å². The van der Waals surface area contributed by atoms with E-state index in [9.17, 15) is 0 Å². The van der Waals surface area contributed by atoms with Crippen LogP contribution in [0.1, 0.15) is 13.3 Å². The molecular formula is C7H15NO3Si. The average molecular weight is 189 g/mol. The third-order valence-corrected chi connectivity index (χ3v) is 4.94. The van der Waals surface area contributed by atoms with Crippen LogP contribution in [0.4, 0.5) is 0 Å². The minimum Gasteiger partial charge on any atom is -0.376 e. The van der Waals surface area contributed by atoms with Gasteiger partial charge in [-0.3, -0.25) is 0 Å². The second-order valence-corrected chi connectivity index (χ2v) is 5.43. The highest BCUT2D eigenvalue weighted by molar-refractivity contribution is 6.63. The Kier molecular flexibility index (Phi) is 5.09. The number of hydrogen-bond donors (Lipinski definition) is 0. The zero-order chi connectivity index (χ0) is 9.61. The van der Waals surface area contributed by atoms with Crippen molar-refractivity contribution in [3.8, 4) is 6.07 Å². The summed E-state index contributed by atoms with van der Waals surface area (Å²) in [6, 6.07) is 2.13. The third kappa shape index (κ3) is 2.05. The van der Waals surface area contributed by atoms with Crippen molar-refractivity contribution in [1.29, 1.82) is 5.26 Å². The summed E-state index contributed by atoms with van der Waals surface area (Å²) < 4.78 is 15.5. The van der Waals surface area contributed by atoms with E-state index < -0.39 is 8.80 Å². The fourth-order valence-electron chi connectivity index (χ4n) is 1.10. The van der Waals surface area contributed by atoms with Gasteiger partial charge < -0.3 is 13.3 Å². The van der Waals surface area contributed by atoms with Gasteiger partial charge in [0.2, 0.25) is 0 Å². The highest BCUT2D eigenvalue weighted by atomic mass is 28.4. The fraction of sp³-hybridized carbons (Fsp3) is 0.857. The van der Waals surface area contributed by atoms with E-state index in [1.54, 1.807) is 0 Å². The molecule has 12 heavy (non-hydrogen) atoms. The van der Waals surface area contributed by atoms with Crippen LogP contribution in [0.2, 0.25) is 5.54 Å². The van der Waals surface area contributed by atoms with E-state index in [1.807, 2.05) is 6.92 Å². The van der Waals surface area contributed by atoms with Gasteiger partial charge in [-0.1, -0.05) is 6.92 Å². The molecule has 0 aliphatic rings. The first-order valence-corrected chi connectivity index (χ1v) is 5.56. The van der Waals surface area contributed by atoms with E-state index in [1.165, 1.54) is 21.3 Å². The molecule has 5 heteroatoms. The van der Waals surface area contributed by atoms with Crippen molar-refractivity contribution in [2.45, 2.75) is 18.9 Å². The number of nitriles is 1. The van der Waals surface area contributed by atoms with Crippen molar-refractivity contribution < 1.29 is 13.3 Å². The summed E-state index contributed by atoms with van der Waals surface area (Å²) in [4.78, 5) is 0. The topological polar surface area (TPSA) is 51.5 Å². The molecule has 0 N–H and O–H groups in total. The predicted octanol–water partition coefficient (Wildman–Crippen LogP) is 1.17.